The third kappa shape index (κ3) is 8.65. The number of allylic oxidation sites excluding steroid dienone is 1. The van der Waals surface area contributed by atoms with Crippen molar-refractivity contribution in [3.05, 3.63) is 106 Å². The zero-order valence-electron chi connectivity index (χ0n) is 25.7. The highest BCUT2D eigenvalue weighted by Gasteiger charge is 2.24. The maximum Gasteiger partial charge on any atom is 0.409 e. The number of aromatic amines is 1. The minimum absolute atomic E-state index is 0.0287. The molecule has 3 aromatic heterocycles. The van der Waals surface area contributed by atoms with Crippen LogP contribution in [0.5, 0.6) is 5.75 Å². The summed E-state index contributed by atoms with van der Waals surface area (Å²) in [5, 5.41) is 0. The zero-order chi connectivity index (χ0) is 32.5. The standard InChI is InChI=1S/C33H36FN5O6/c1-37(2)29(41)15-9-8-14-28(45-33(43)38(3)4)27(40)17-23-13-10-16-39(32(23)42)20-24-18-26-30(36-24)31(25(34)19-35-26)44-21-22-11-6-5-7-12-22/h5-7,9-13,15-16,18-19,28,36H,8,14,17,20-21H2,1-4H3/b15-9+/t28-/m0/s1. The van der Waals surface area contributed by atoms with Gasteiger partial charge >= 0.3 is 6.09 Å². The topological polar surface area (TPSA) is 127 Å². The number of carbonyl (C=O) groups excluding carboxylic acids is 3. The van der Waals surface area contributed by atoms with Crippen LogP contribution < -0.4 is 10.3 Å². The largest absolute Gasteiger partial charge is 0.483 e. The number of Topliss-reactive ketones (excluding diaryl/α,β-unsaturated/α-hetero) is 1. The number of fused-ring (bicyclic) bond motifs is 1. The Bertz CT molecular complexity index is 1750. The first-order valence-electron chi connectivity index (χ1n) is 14.3. The van der Waals surface area contributed by atoms with Gasteiger partial charge in [0.15, 0.2) is 23.5 Å². The molecule has 0 aliphatic rings. The van der Waals surface area contributed by atoms with Gasteiger partial charge in [0.1, 0.15) is 12.1 Å². The fourth-order valence-corrected chi connectivity index (χ4v) is 4.46. The van der Waals surface area contributed by atoms with Crippen LogP contribution in [0.4, 0.5) is 9.18 Å². The number of nitrogens with zero attached hydrogens (tertiary/aromatic N) is 4. The molecule has 11 nitrogen and oxygen atoms in total. The molecule has 0 aliphatic carbocycles. The molecular weight excluding hydrogens is 581 g/mol. The number of amides is 2. The van der Waals surface area contributed by atoms with E-state index in [1.54, 1.807) is 44.6 Å². The van der Waals surface area contributed by atoms with Crippen LogP contribution in [0.3, 0.4) is 0 Å². The van der Waals surface area contributed by atoms with Gasteiger partial charge in [-0.05, 0) is 36.6 Å². The van der Waals surface area contributed by atoms with Crippen molar-refractivity contribution in [1.29, 1.82) is 0 Å². The van der Waals surface area contributed by atoms with E-state index in [0.717, 1.165) is 11.8 Å². The number of likely N-dealkylation sites (N-methyl/N-ethyl adjacent to an activating group) is 1. The van der Waals surface area contributed by atoms with E-state index in [1.807, 2.05) is 30.3 Å². The van der Waals surface area contributed by atoms with Crippen molar-refractivity contribution in [3.8, 4) is 5.75 Å². The van der Waals surface area contributed by atoms with E-state index in [1.165, 1.54) is 34.5 Å². The molecule has 0 fully saturated rings. The van der Waals surface area contributed by atoms with E-state index in [0.29, 0.717) is 23.1 Å². The Balaban J connectivity index is 1.50. The van der Waals surface area contributed by atoms with Gasteiger partial charge in [0.25, 0.3) is 5.56 Å². The molecule has 1 aromatic carbocycles. The van der Waals surface area contributed by atoms with Crippen LogP contribution in [0, 0.1) is 5.82 Å². The lowest BCUT2D eigenvalue weighted by Crippen LogP contribution is -2.35. The first-order valence-corrected chi connectivity index (χ1v) is 14.3. The zero-order valence-corrected chi connectivity index (χ0v) is 25.7. The summed E-state index contributed by atoms with van der Waals surface area (Å²) in [6, 6.07) is 14.3. The lowest BCUT2D eigenvalue weighted by Gasteiger charge is -2.19. The van der Waals surface area contributed by atoms with Gasteiger partial charge < -0.3 is 28.8 Å². The number of ether oxygens (including phenoxy) is 2. The highest BCUT2D eigenvalue weighted by Crippen LogP contribution is 2.28. The molecule has 0 radical (unpaired) electrons. The average molecular weight is 618 g/mol. The van der Waals surface area contributed by atoms with Crippen molar-refractivity contribution >= 4 is 28.8 Å². The van der Waals surface area contributed by atoms with Crippen LogP contribution in [0.25, 0.3) is 11.0 Å². The van der Waals surface area contributed by atoms with E-state index in [-0.39, 0.29) is 43.2 Å². The highest BCUT2D eigenvalue weighted by molar-refractivity contribution is 5.88. The molecule has 1 N–H and O–H groups in total. The maximum atomic E-state index is 14.7. The quantitative estimate of drug-likeness (QED) is 0.224. The van der Waals surface area contributed by atoms with E-state index in [9.17, 15) is 23.6 Å². The number of carbonyl (C=O) groups is 3. The number of pyridine rings is 2. The maximum absolute atomic E-state index is 14.7. The molecule has 45 heavy (non-hydrogen) atoms. The lowest BCUT2D eigenvalue weighted by atomic mass is 10.0. The predicted molar refractivity (Wildman–Crippen MR) is 166 cm³/mol. The number of H-pyrrole nitrogens is 1. The van der Waals surface area contributed by atoms with Crippen LogP contribution in [-0.2, 0) is 33.9 Å². The average Bonchev–Trinajstić information content (AvgIpc) is 3.42. The first-order chi connectivity index (χ1) is 21.5. The Labute approximate surface area is 259 Å². The molecule has 0 aliphatic heterocycles. The van der Waals surface area contributed by atoms with E-state index >= 15 is 0 Å². The second-order valence-corrected chi connectivity index (χ2v) is 10.9. The number of nitrogens with one attached hydrogen (secondary N) is 1. The third-order valence-corrected chi connectivity index (χ3v) is 6.91. The number of halogens is 1. The number of ketones is 1. The molecule has 12 heteroatoms. The molecule has 0 saturated carbocycles. The second-order valence-electron chi connectivity index (χ2n) is 10.9. The molecule has 4 aromatic rings. The number of benzene rings is 1. The van der Waals surface area contributed by atoms with Gasteiger partial charge in [0.2, 0.25) is 5.91 Å². The molecule has 1 atom stereocenters. The Hall–Kier alpha value is -5.26. The smallest absolute Gasteiger partial charge is 0.409 e. The van der Waals surface area contributed by atoms with Crippen LogP contribution >= 0.6 is 0 Å². The van der Waals surface area contributed by atoms with Gasteiger partial charge in [-0.1, -0.05) is 42.5 Å². The van der Waals surface area contributed by atoms with Gasteiger partial charge in [0.05, 0.1) is 18.3 Å². The predicted octanol–water partition coefficient (Wildman–Crippen LogP) is 4.09. The molecule has 0 bridgehead atoms. The monoisotopic (exact) mass is 617 g/mol. The Morgan fingerprint density at radius 3 is 2.53 bits per heavy atom. The van der Waals surface area contributed by atoms with Gasteiger partial charge in [-0.25, -0.2) is 9.18 Å². The Kier molecular flexibility index (Phi) is 10.9. The molecule has 4 rings (SSSR count). The number of hydrogen-bond donors (Lipinski definition) is 1. The summed E-state index contributed by atoms with van der Waals surface area (Å²) < 4.78 is 27.3. The summed E-state index contributed by atoms with van der Waals surface area (Å²) in [5.41, 5.74) is 2.11. The molecule has 236 valence electrons. The van der Waals surface area contributed by atoms with Gasteiger partial charge in [-0.15, -0.1) is 0 Å². The van der Waals surface area contributed by atoms with Gasteiger partial charge in [0, 0.05) is 52.1 Å². The fourth-order valence-electron chi connectivity index (χ4n) is 4.46. The molecular formula is C33H36FN5O6. The van der Waals surface area contributed by atoms with Crippen molar-refractivity contribution in [3.63, 3.8) is 0 Å². The van der Waals surface area contributed by atoms with Crippen LogP contribution in [0.2, 0.25) is 0 Å². The van der Waals surface area contributed by atoms with Crippen LogP contribution in [0.1, 0.15) is 29.7 Å². The normalized spacial score (nSPS) is 11.8. The first kappa shape index (κ1) is 32.6. The molecule has 0 unspecified atom stereocenters. The summed E-state index contributed by atoms with van der Waals surface area (Å²) in [6.07, 6.45) is 4.05. The van der Waals surface area contributed by atoms with E-state index < -0.39 is 29.4 Å². The van der Waals surface area contributed by atoms with Gasteiger partial charge in [-0.2, -0.15) is 0 Å². The van der Waals surface area contributed by atoms with E-state index in [2.05, 4.69) is 9.97 Å². The van der Waals surface area contributed by atoms with Crippen LogP contribution in [-0.4, -0.2) is 76.4 Å². The SMILES string of the molecule is CN(C)C(=O)/C=C/CC[C@H](OC(=O)N(C)C)C(=O)Cc1cccn(Cc2cc3ncc(F)c(OCc4ccccc4)c3[nH]2)c1=O. The molecule has 3 heterocycles. The summed E-state index contributed by atoms with van der Waals surface area (Å²) in [6.45, 7) is 0.261. The summed E-state index contributed by atoms with van der Waals surface area (Å²) >= 11 is 0. The number of aromatic nitrogens is 3. The van der Waals surface area contributed by atoms with Crippen molar-refractivity contribution in [1.82, 2.24) is 24.3 Å². The Morgan fingerprint density at radius 2 is 1.82 bits per heavy atom. The summed E-state index contributed by atoms with van der Waals surface area (Å²) in [4.78, 5) is 60.6. The second kappa shape index (κ2) is 15.0. The molecule has 0 saturated heterocycles. The fraction of sp³-hybridized carbons (Fsp3) is 0.303. The van der Waals surface area contributed by atoms with Gasteiger partial charge in [-0.3, -0.25) is 19.4 Å². The summed E-state index contributed by atoms with van der Waals surface area (Å²) in [7, 11) is 6.25. The van der Waals surface area contributed by atoms with Crippen molar-refractivity contribution in [2.75, 3.05) is 28.2 Å². The minimum Gasteiger partial charge on any atom is -0.483 e. The van der Waals surface area contributed by atoms with Crippen molar-refractivity contribution in [2.24, 2.45) is 0 Å². The van der Waals surface area contributed by atoms with Crippen LogP contribution in [0.15, 0.2) is 77.9 Å². The van der Waals surface area contributed by atoms with E-state index in [4.69, 9.17) is 9.47 Å². The molecule has 0 spiro atoms. The van der Waals surface area contributed by atoms with Crippen molar-refractivity contribution < 1.29 is 28.2 Å². The number of rotatable bonds is 13. The highest BCUT2D eigenvalue weighted by atomic mass is 19.1. The minimum atomic E-state index is -1.11. The number of hydrogen-bond acceptors (Lipinski definition) is 7. The Morgan fingerprint density at radius 1 is 1.07 bits per heavy atom. The third-order valence-electron chi connectivity index (χ3n) is 6.91. The molecule has 2 amide bonds. The lowest BCUT2D eigenvalue weighted by molar-refractivity contribution is -0.127. The summed E-state index contributed by atoms with van der Waals surface area (Å²) in [5.74, 6) is -1.24. The van der Waals surface area contributed by atoms with Crippen molar-refractivity contribution in [2.45, 2.75) is 38.5 Å².